The standard InChI is InChI=1S/2C13H20.H2O2/c2*1-10(2)11-6-8-12(9-7-11)13(3,4)5;1-2/h2*6-10H,1-5H3;1-2H. The maximum absolute atomic E-state index is 6.00. The lowest BCUT2D eigenvalue weighted by Gasteiger charge is -2.19. The van der Waals surface area contributed by atoms with Crippen LogP contribution in [-0.4, -0.2) is 10.5 Å². The summed E-state index contributed by atoms with van der Waals surface area (Å²) in [4.78, 5) is 0. The lowest BCUT2D eigenvalue weighted by Crippen LogP contribution is -2.10. The Hall–Kier alpha value is -1.64. The molecule has 0 aliphatic rings. The predicted octanol–water partition coefficient (Wildman–Crippen LogP) is 8.23. The summed E-state index contributed by atoms with van der Waals surface area (Å²) < 4.78 is 0. The van der Waals surface area contributed by atoms with Crippen LogP contribution in [0.15, 0.2) is 48.5 Å². The minimum Gasteiger partial charge on any atom is -0.255 e. The van der Waals surface area contributed by atoms with E-state index in [0.717, 1.165) is 0 Å². The van der Waals surface area contributed by atoms with Gasteiger partial charge in [-0.25, -0.2) is 0 Å². The van der Waals surface area contributed by atoms with Gasteiger partial charge < -0.3 is 0 Å². The van der Waals surface area contributed by atoms with E-state index in [1.807, 2.05) is 0 Å². The molecule has 2 aromatic rings. The number of benzene rings is 2. The molecule has 0 aliphatic heterocycles. The summed E-state index contributed by atoms with van der Waals surface area (Å²) in [6.07, 6.45) is 0. The third kappa shape index (κ3) is 9.03. The van der Waals surface area contributed by atoms with Gasteiger partial charge in [-0.15, -0.1) is 0 Å². The molecule has 0 amide bonds. The topological polar surface area (TPSA) is 40.5 Å². The minimum atomic E-state index is 0.273. The van der Waals surface area contributed by atoms with Crippen molar-refractivity contribution in [3.8, 4) is 0 Å². The summed E-state index contributed by atoms with van der Waals surface area (Å²) in [5.41, 5.74) is 6.22. The molecule has 0 unspecified atom stereocenters. The van der Waals surface area contributed by atoms with Crippen molar-refractivity contribution < 1.29 is 10.5 Å². The average molecular weight is 387 g/mol. The zero-order valence-electron chi connectivity index (χ0n) is 19.7. The summed E-state index contributed by atoms with van der Waals surface area (Å²) in [5, 5.41) is 12.0. The van der Waals surface area contributed by atoms with Gasteiger partial charge in [-0.1, -0.05) is 118 Å². The first kappa shape index (κ1) is 26.4. The number of rotatable bonds is 2. The van der Waals surface area contributed by atoms with Gasteiger partial charge in [-0.3, -0.25) is 10.5 Å². The normalized spacial score (nSPS) is 11.5. The smallest absolute Gasteiger partial charge is 0.0132 e. The first-order valence-corrected chi connectivity index (χ1v) is 10.2. The molecule has 0 saturated carbocycles. The van der Waals surface area contributed by atoms with Gasteiger partial charge in [-0.05, 0) is 44.9 Å². The molecule has 0 fully saturated rings. The number of hydrogen-bond acceptors (Lipinski definition) is 2. The van der Waals surface area contributed by atoms with E-state index in [1.165, 1.54) is 22.3 Å². The van der Waals surface area contributed by atoms with Crippen LogP contribution in [0.3, 0.4) is 0 Å². The van der Waals surface area contributed by atoms with Crippen molar-refractivity contribution >= 4 is 0 Å². The first-order valence-electron chi connectivity index (χ1n) is 10.2. The van der Waals surface area contributed by atoms with Crippen molar-refractivity contribution in [2.75, 3.05) is 0 Å². The summed E-state index contributed by atoms with van der Waals surface area (Å²) in [5.74, 6) is 1.27. The summed E-state index contributed by atoms with van der Waals surface area (Å²) >= 11 is 0. The van der Waals surface area contributed by atoms with Gasteiger partial charge in [0, 0.05) is 0 Å². The molecule has 158 valence electrons. The van der Waals surface area contributed by atoms with Gasteiger partial charge in [0.15, 0.2) is 0 Å². The Labute approximate surface area is 173 Å². The Kier molecular flexibility index (Phi) is 10.7. The van der Waals surface area contributed by atoms with Crippen LogP contribution in [0.25, 0.3) is 0 Å². The second-order valence-electron chi connectivity index (χ2n) is 10.1. The Balaban J connectivity index is 0.000000478. The molecule has 2 heteroatoms. The van der Waals surface area contributed by atoms with Crippen LogP contribution < -0.4 is 0 Å². The highest BCUT2D eigenvalue weighted by atomic mass is 17.0. The molecule has 0 spiro atoms. The predicted molar refractivity (Wildman–Crippen MR) is 124 cm³/mol. The van der Waals surface area contributed by atoms with Crippen molar-refractivity contribution in [2.45, 2.75) is 91.9 Å². The van der Waals surface area contributed by atoms with Gasteiger partial charge in [0.2, 0.25) is 0 Å². The number of hydrogen-bond donors (Lipinski definition) is 2. The zero-order chi connectivity index (χ0) is 22.1. The van der Waals surface area contributed by atoms with Crippen molar-refractivity contribution in [3.05, 3.63) is 70.8 Å². The van der Waals surface area contributed by atoms with Crippen LogP contribution >= 0.6 is 0 Å². The molecule has 2 rings (SSSR count). The van der Waals surface area contributed by atoms with Crippen molar-refractivity contribution in [1.29, 1.82) is 0 Å². The largest absolute Gasteiger partial charge is 0.255 e. The van der Waals surface area contributed by atoms with Gasteiger partial charge in [-0.2, -0.15) is 0 Å². The molecule has 0 aliphatic carbocycles. The van der Waals surface area contributed by atoms with Gasteiger partial charge in [0.25, 0.3) is 0 Å². The molecule has 2 nitrogen and oxygen atoms in total. The molecular weight excluding hydrogens is 344 g/mol. The lowest BCUT2D eigenvalue weighted by atomic mass is 9.86. The van der Waals surface area contributed by atoms with E-state index in [9.17, 15) is 0 Å². The molecule has 28 heavy (non-hydrogen) atoms. The zero-order valence-corrected chi connectivity index (χ0v) is 19.7. The molecule has 0 radical (unpaired) electrons. The Morgan fingerprint density at radius 1 is 0.500 bits per heavy atom. The molecule has 0 saturated heterocycles. The lowest BCUT2D eigenvalue weighted by molar-refractivity contribution is -0.176. The van der Waals surface area contributed by atoms with Crippen molar-refractivity contribution in [2.24, 2.45) is 0 Å². The summed E-state index contributed by atoms with van der Waals surface area (Å²) in [6.45, 7) is 22.4. The van der Waals surface area contributed by atoms with Crippen LogP contribution in [0.4, 0.5) is 0 Å². The quantitative estimate of drug-likeness (QED) is 0.403. The first-order chi connectivity index (χ1) is 12.8. The summed E-state index contributed by atoms with van der Waals surface area (Å²) in [7, 11) is 0. The van der Waals surface area contributed by atoms with E-state index in [-0.39, 0.29) is 10.8 Å². The third-order valence-electron chi connectivity index (χ3n) is 4.89. The monoisotopic (exact) mass is 386 g/mol. The van der Waals surface area contributed by atoms with E-state index in [0.29, 0.717) is 11.8 Å². The molecule has 0 bridgehead atoms. The van der Waals surface area contributed by atoms with Crippen LogP contribution in [0.5, 0.6) is 0 Å². The van der Waals surface area contributed by atoms with Crippen LogP contribution in [0.1, 0.15) is 103 Å². The third-order valence-corrected chi connectivity index (χ3v) is 4.89. The van der Waals surface area contributed by atoms with E-state index in [2.05, 4.69) is 118 Å². The molecule has 0 aromatic heterocycles. The Morgan fingerprint density at radius 2 is 0.714 bits per heavy atom. The fourth-order valence-corrected chi connectivity index (χ4v) is 2.74. The maximum Gasteiger partial charge on any atom is -0.0132 e. The SMILES string of the molecule is CC(C)c1ccc(C(C)(C)C)cc1.CC(C)c1ccc(C(C)(C)C)cc1.OO. The fraction of sp³-hybridized carbons (Fsp3) is 0.538. The van der Waals surface area contributed by atoms with E-state index >= 15 is 0 Å². The maximum atomic E-state index is 6.00. The van der Waals surface area contributed by atoms with Gasteiger partial charge >= 0.3 is 0 Å². The van der Waals surface area contributed by atoms with Crippen molar-refractivity contribution in [3.63, 3.8) is 0 Å². The van der Waals surface area contributed by atoms with Crippen LogP contribution in [0.2, 0.25) is 0 Å². The van der Waals surface area contributed by atoms with Gasteiger partial charge in [0.05, 0.1) is 0 Å². The highest BCUT2D eigenvalue weighted by Crippen LogP contribution is 2.25. The second kappa shape index (κ2) is 11.4. The molecule has 2 N–H and O–H groups in total. The average Bonchev–Trinajstić information content (AvgIpc) is 2.62. The van der Waals surface area contributed by atoms with Gasteiger partial charge in [0.1, 0.15) is 0 Å². The van der Waals surface area contributed by atoms with E-state index < -0.39 is 0 Å². The van der Waals surface area contributed by atoms with E-state index in [1.54, 1.807) is 0 Å². The van der Waals surface area contributed by atoms with Crippen LogP contribution in [0, 0.1) is 0 Å². The highest BCUT2D eigenvalue weighted by molar-refractivity contribution is 5.29. The molecule has 0 heterocycles. The minimum absolute atomic E-state index is 0.273. The summed E-state index contributed by atoms with van der Waals surface area (Å²) in [6, 6.07) is 17.9. The fourth-order valence-electron chi connectivity index (χ4n) is 2.74. The molecule has 0 atom stereocenters. The molecular formula is C26H42O2. The molecule has 2 aromatic carbocycles. The Bertz CT molecular complexity index is 590. The Morgan fingerprint density at radius 3 is 0.857 bits per heavy atom. The van der Waals surface area contributed by atoms with E-state index in [4.69, 9.17) is 10.5 Å². The highest BCUT2D eigenvalue weighted by Gasteiger charge is 2.13. The van der Waals surface area contributed by atoms with Crippen molar-refractivity contribution in [1.82, 2.24) is 0 Å². The second-order valence-corrected chi connectivity index (χ2v) is 10.1. The van der Waals surface area contributed by atoms with Crippen LogP contribution in [-0.2, 0) is 10.8 Å².